The van der Waals surface area contributed by atoms with E-state index in [0.29, 0.717) is 17.9 Å². The Morgan fingerprint density at radius 3 is 2.46 bits per heavy atom. The molecular formula is C17H23ClN2O4. The van der Waals surface area contributed by atoms with Crippen LogP contribution in [0.25, 0.3) is 0 Å². The van der Waals surface area contributed by atoms with E-state index in [9.17, 15) is 14.4 Å². The van der Waals surface area contributed by atoms with Crippen LogP contribution in [0.1, 0.15) is 43.5 Å². The van der Waals surface area contributed by atoms with Crippen molar-refractivity contribution < 1.29 is 19.1 Å². The van der Waals surface area contributed by atoms with Gasteiger partial charge in [-0.15, -0.1) is 11.6 Å². The Morgan fingerprint density at radius 2 is 1.88 bits per heavy atom. The van der Waals surface area contributed by atoms with E-state index in [1.54, 1.807) is 31.2 Å². The molecule has 0 heterocycles. The molecule has 1 rings (SSSR count). The molecular weight excluding hydrogens is 332 g/mol. The Labute approximate surface area is 146 Å². The lowest BCUT2D eigenvalue weighted by atomic mass is 10.2. The fraction of sp³-hybridized carbons (Fsp3) is 0.471. The first kappa shape index (κ1) is 20.0. The summed E-state index contributed by atoms with van der Waals surface area (Å²) in [5.74, 6) is -0.926. The molecule has 6 nitrogen and oxygen atoms in total. The molecule has 0 bridgehead atoms. The van der Waals surface area contributed by atoms with Crippen LogP contribution in [0.3, 0.4) is 0 Å². The van der Waals surface area contributed by atoms with Crippen LogP contribution in [0.5, 0.6) is 0 Å². The van der Waals surface area contributed by atoms with Gasteiger partial charge < -0.3 is 15.4 Å². The largest absolute Gasteiger partial charge is 0.462 e. The predicted molar refractivity (Wildman–Crippen MR) is 93.2 cm³/mol. The summed E-state index contributed by atoms with van der Waals surface area (Å²) in [4.78, 5) is 34.8. The van der Waals surface area contributed by atoms with Gasteiger partial charge in [-0.1, -0.05) is 13.3 Å². The number of benzene rings is 1. The first-order chi connectivity index (χ1) is 11.4. The van der Waals surface area contributed by atoms with E-state index in [1.807, 2.05) is 6.92 Å². The number of carbonyl (C=O) groups excluding carboxylic acids is 3. The van der Waals surface area contributed by atoms with Crippen LogP contribution >= 0.6 is 11.6 Å². The Morgan fingerprint density at radius 1 is 1.21 bits per heavy atom. The van der Waals surface area contributed by atoms with E-state index in [0.717, 1.165) is 12.8 Å². The van der Waals surface area contributed by atoms with Crippen molar-refractivity contribution >= 4 is 35.1 Å². The first-order valence-corrected chi connectivity index (χ1v) is 8.36. The number of carbonyl (C=O) groups is 3. The predicted octanol–water partition coefficient (Wildman–Crippen LogP) is 2.72. The van der Waals surface area contributed by atoms with Crippen LogP contribution < -0.4 is 10.6 Å². The first-order valence-electron chi connectivity index (χ1n) is 7.92. The van der Waals surface area contributed by atoms with E-state index in [1.165, 1.54) is 0 Å². The van der Waals surface area contributed by atoms with Crippen molar-refractivity contribution in [2.45, 2.75) is 38.5 Å². The fourth-order valence-corrected chi connectivity index (χ4v) is 1.82. The molecule has 0 radical (unpaired) electrons. The number of nitrogens with one attached hydrogen (secondary N) is 2. The highest BCUT2D eigenvalue weighted by molar-refractivity contribution is 6.30. The molecule has 24 heavy (non-hydrogen) atoms. The number of rotatable bonds is 9. The summed E-state index contributed by atoms with van der Waals surface area (Å²) in [5.41, 5.74) is 1.01. The topological polar surface area (TPSA) is 84.5 Å². The van der Waals surface area contributed by atoms with Crippen molar-refractivity contribution in [1.29, 1.82) is 0 Å². The van der Waals surface area contributed by atoms with Gasteiger partial charge in [-0.05, 0) is 37.6 Å². The maximum Gasteiger partial charge on any atom is 0.338 e. The van der Waals surface area contributed by atoms with Gasteiger partial charge in [0.05, 0.1) is 12.2 Å². The molecule has 1 aromatic carbocycles. The lowest BCUT2D eigenvalue weighted by Gasteiger charge is -2.08. The molecule has 0 aliphatic carbocycles. The maximum atomic E-state index is 11.8. The smallest absolute Gasteiger partial charge is 0.338 e. The number of alkyl halides is 1. The van der Waals surface area contributed by atoms with Gasteiger partial charge in [0.2, 0.25) is 11.8 Å². The van der Waals surface area contributed by atoms with Gasteiger partial charge in [-0.25, -0.2) is 4.79 Å². The van der Waals surface area contributed by atoms with Crippen LogP contribution in [0.2, 0.25) is 0 Å². The van der Waals surface area contributed by atoms with Gasteiger partial charge in [0, 0.05) is 18.7 Å². The zero-order valence-electron chi connectivity index (χ0n) is 13.9. The van der Waals surface area contributed by atoms with E-state index < -0.39 is 5.38 Å². The molecule has 0 fully saturated rings. The second-order valence-electron chi connectivity index (χ2n) is 5.27. The number of ether oxygens (including phenoxy) is 1. The molecule has 7 heteroatoms. The van der Waals surface area contributed by atoms with Gasteiger partial charge in [-0.2, -0.15) is 0 Å². The molecule has 2 N–H and O–H groups in total. The van der Waals surface area contributed by atoms with Crippen LogP contribution in [-0.4, -0.2) is 36.3 Å². The number of anilines is 1. The molecule has 2 amide bonds. The SMILES string of the molecule is CCCCOC(=O)c1ccc(NC(=O)CCNC(=O)C(C)Cl)cc1. The van der Waals surface area contributed by atoms with Crippen molar-refractivity contribution in [3.63, 3.8) is 0 Å². The summed E-state index contributed by atoms with van der Waals surface area (Å²) >= 11 is 5.60. The second-order valence-corrected chi connectivity index (χ2v) is 5.93. The lowest BCUT2D eigenvalue weighted by Crippen LogP contribution is -2.32. The minimum Gasteiger partial charge on any atom is -0.462 e. The molecule has 1 atom stereocenters. The fourth-order valence-electron chi connectivity index (χ4n) is 1.75. The maximum absolute atomic E-state index is 11.8. The van der Waals surface area contributed by atoms with Gasteiger partial charge in [0.1, 0.15) is 5.38 Å². The Kier molecular flexibility index (Phi) is 8.86. The van der Waals surface area contributed by atoms with Gasteiger partial charge in [-0.3, -0.25) is 9.59 Å². The van der Waals surface area contributed by atoms with Crippen LogP contribution in [-0.2, 0) is 14.3 Å². The summed E-state index contributed by atoms with van der Waals surface area (Å²) < 4.78 is 5.11. The van der Waals surface area contributed by atoms with Crippen LogP contribution in [0.15, 0.2) is 24.3 Å². The minimum atomic E-state index is -0.627. The number of unbranched alkanes of at least 4 members (excludes halogenated alkanes) is 1. The van der Waals surface area contributed by atoms with E-state index in [4.69, 9.17) is 16.3 Å². The molecule has 0 saturated carbocycles. The summed E-state index contributed by atoms with van der Waals surface area (Å²) in [6.45, 7) is 4.20. The standard InChI is InChI=1S/C17H23ClN2O4/c1-3-4-11-24-17(23)13-5-7-14(8-6-13)20-15(21)9-10-19-16(22)12(2)18/h5-8,12H,3-4,9-11H2,1-2H3,(H,19,22)(H,20,21). The van der Waals surface area contributed by atoms with E-state index >= 15 is 0 Å². The highest BCUT2D eigenvalue weighted by Crippen LogP contribution is 2.11. The van der Waals surface area contributed by atoms with E-state index in [2.05, 4.69) is 10.6 Å². The minimum absolute atomic E-state index is 0.135. The molecule has 0 saturated heterocycles. The number of halogens is 1. The number of hydrogen-bond acceptors (Lipinski definition) is 4. The van der Waals surface area contributed by atoms with Crippen molar-refractivity contribution in [2.75, 3.05) is 18.5 Å². The summed E-state index contributed by atoms with van der Waals surface area (Å²) in [7, 11) is 0. The molecule has 0 aliphatic rings. The molecule has 1 aromatic rings. The van der Waals surface area contributed by atoms with Gasteiger partial charge in [0.25, 0.3) is 0 Å². The summed E-state index contributed by atoms with van der Waals surface area (Å²) in [6, 6.07) is 6.46. The third kappa shape index (κ3) is 7.46. The third-order valence-electron chi connectivity index (χ3n) is 3.15. The molecule has 0 spiro atoms. The normalized spacial score (nSPS) is 11.5. The number of hydrogen-bond donors (Lipinski definition) is 2. The zero-order chi connectivity index (χ0) is 17.9. The molecule has 0 aromatic heterocycles. The van der Waals surface area contributed by atoms with Crippen molar-refractivity contribution in [2.24, 2.45) is 0 Å². The van der Waals surface area contributed by atoms with Gasteiger partial charge in [0.15, 0.2) is 0 Å². The van der Waals surface area contributed by atoms with E-state index in [-0.39, 0.29) is 30.7 Å². The average Bonchev–Trinajstić information content (AvgIpc) is 2.55. The second kappa shape index (κ2) is 10.6. The van der Waals surface area contributed by atoms with Crippen molar-refractivity contribution in [1.82, 2.24) is 5.32 Å². The van der Waals surface area contributed by atoms with Crippen molar-refractivity contribution in [3.8, 4) is 0 Å². The number of amides is 2. The molecule has 0 aliphatic heterocycles. The third-order valence-corrected chi connectivity index (χ3v) is 3.35. The summed E-state index contributed by atoms with van der Waals surface area (Å²) in [5, 5.41) is 4.62. The zero-order valence-corrected chi connectivity index (χ0v) is 14.7. The molecule has 132 valence electrons. The average molecular weight is 355 g/mol. The Bertz CT molecular complexity index is 558. The quantitative estimate of drug-likeness (QED) is 0.405. The highest BCUT2D eigenvalue weighted by atomic mass is 35.5. The molecule has 1 unspecified atom stereocenters. The summed E-state index contributed by atoms with van der Waals surface area (Å²) in [6.07, 6.45) is 1.93. The Balaban J connectivity index is 2.39. The van der Waals surface area contributed by atoms with Crippen molar-refractivity contribution in [3.05, 3.63) is 29.8 Å². The lowest BCUT2D eigenvalue weighted by molar-refractivity contribution is -0.120. The number of esters is 1. The van der Waals surface area contributed by atoms with Crippen LogP contribution in [0, 0.1) is 0 Å². The monoisotopic (exact) mass is 354 g/mol. The van der Waals surface area contributed by atoms with Crippen LogP contribution in [0.4, 0.5) is 5.69 Å². The van der Waals surface area contributed by atoms with Gasteiger partial charge >= 0.3 is 5.97 Å². The highest BCUT2D eigenvalue weighted by Gasteiger charge is 2.10. The Hall–Kier alpha value is -2.08.